The number of hydrogen-bond donors (Lipinski definition) is 1. The first-order valence-electron chi connectivity index (χ1n) is 9.52. The monoisotopic (exact) mass is 498 g/mol. The molecule has 31 heavy (non-hydrogen) atoms. The average molecular weight is 499 g/mol. The predicted molar refractivity (Wildman–Crippen MR) is 120 cm³/mol. The summed E-state index contributed by atoms with van der Waals surface area (Å²) in [6, 6.07) is 11.9. The van der Waals surface area contributed by atoms with Gasteiger partial charge in [-0.05, 0) is 37.1 Å². The van der Waals surface area contributed by atoms with Gasteiger partial charge in [0.2, 0.25) is 11.8 Å². The van der Waals surface area contributed by atoms with Gasteiger partial charge < -0.3 is 4.42 Å². The number of sulfonamides is 1. The average Bonchev–Trinajstić information content (AvgIpc) is 3.42. The lowest BCUT2D eigenvalue weighted by Crippen LogP contribution is -2.49. The van der Waals surface area contributed by atoms with Gasteiger partial charge in [0.25, 0.3) is 10.0 Å². The van der Waals surface area contributed by atoms with E-state index in [9.17, 15) is 13.2 Å². The molecule has 164 valence electrons. The molecule has 0 radical (unpaired) electrons. The Morgan fingerprint density at radius 2 is 2.03 bits per heavy atom. The van der Waals surface area contributed by atoms with Crippen molar-refractivity contribution in [3.05, 3.63) is 52.7 Å². The molecular weight excluding hydrogens is 480 g/mol. The normalized spacial score (nSPS) is 17.5. The first kappa shape index (κ1) is 22.3. The zero-order valence-electron chi connectivity index (χ0n) is 16.2. The Morgan fingerprint density at radius 3 is 2.77 bits per heavy atom. The minimum Gasteiger partial charge on any atom is -0.407 e. The molecule has 12 heteroatoms. The van der Waals surface area contributed by atoms with E-state index in [0.29, 0.717) is 28.8 Å². The van der Waals surface area contributed by atoms with Gasteiger partial charge in [-0.3, -0.25) is 10.1 Å². The molecule has 0 spiro atoms. The van der Waals surface area contributed by atoms with Crippen LogP contribution in [0.5, 0.6) is 0 Å². The van der Waals surface area contributed by atoms with E-state index in [0.717, 1.165) is 22.7 Å². The van der Waals surface area contributed by atoms with E-state index >= 15 is 0 Å². The molecule has 0 aliphatic carbocycles. The van der Waals surface area contributed by atoms with Crippen molar-refractivity contribution in [1.82, 2.24) is 14.5 Å². The van der Waals surface area contributed by atoms with E-state index in [1.807, 2.05) is 30.3 Å². The molecule has 3 aromatic rings. The summed E-state index contributed by atoms with van der Waals surface area (Å²) in [4.78, 5) is 13.9. The number of amides is 1. The Labute approximate surface area is 193 Å². The number of carbonyl (C=O) groups excluding carboxylic acids is 1. The largest absolute Gasteiger partial charge is 0.407 e. The molecule has 0 bridgehead atoms. The van der Waals surface area contributed by atoms with Crippen LogP contribution in [0.3, 0.4) is 0 Å². The van der Waals surface area contributed by atoms with Gasteiger partial charge in [0.15, 0.2) is 0 Å². The van der Waals surface area contributed by atoms with E-state index in [-0.39, 0.29) is 16.8 Å². The van der Waals surface area contributed by atoms with Gasteiger partial charge >= 0.3 is 6.01 Å². The fourth-order valence-electron chi connectivity index (χ4n) is 3.22. The van der Waals surface area contributed by atoms with Crippen LogP contribution in [0.2, 0.25) is 4.34 Å². The van der Waals surface area contributed by atoms with E-state index in [1.165, 1.54) is 28.2 Å². The van der Waals surface area contributed by atoms with Crippen LogP contribution in [0.15, 0.2) is 56.0 Å². The lowest BCUT2D eigenvalue weighted by Gasteiger charge is -2.32. The van der Waals surface area contributed by atoms with Crippen LogP contribution in [0.25, 0.3) is 0 Å². The summed E-state index contributed by atoms with van der Waals surface area (Å²) in [5.41, 5.74) is 0. The molecular formula is C19H19ClN4O4S3. The van der Waals surface area contributed by atoms with Gasteiger partial charge in [-0.1, -0.05) is 41.3 Å². The van der Waals surface area contributed by atoms with Crippen LogP contribution in [0.4, 0.5) is 6.01 Å². The number of thiophene rings is 1. The molecule has 1 saturated heterocycles. The smallest absolute Gasteiger partial charge is 0.322 e. The van der Waals surface area contributed by atoms with Crippen LogP contribution in [-0.4, -0.2) is 41.4 Å². The van der Waals surface area contributed by atoms with Crippen LogP contribution in [0, 0.1) is 0 Å². The fourth-order valence-corrected chi connectivity index (χ4v) is 7.24. The number of rotatable bonds is 7. The molecule has 0 saturated carbocycles. The Kier molecular flexibility index (Phi) is 6.97. The molecule has 1 unspecified atom stereocenters. The number of piperidine rings is 1. The van der Waals surface area contributed by atoms with Crippen LogP contribution < -0.4 is 5.32 Å². The third-order valence-corrected chi connectivity index (χ3v) is 9.27. The quantitative estimate of drug-likeness (QED) is 0.485. The maximum absolute atomic E-state index is 13.0. The highest BCUT2D eigenvalue weighted by Gasteiger charge is 2.38. The highest BCUT2D eigenvalue weighted by atomic mass is 35.5. The molecule has 2 aromatic heterocycles. The highest BCUT2D eigenvalue weighted by molar-refractivity contribution is 7.98. The zero-order valence-corrected chi connectivity index (χ0v) is 19.4. The number of hydrogen-bond acceptors (Lipinski definition) is 8. The van der Waals surface area contributed by atoms with Crippen molar-refractivity contribution >= 4 is 56.6 Å². The Balaban J connectivity index is 1.43. The summed E-state index contributed by atoms with van der Waals surface area (Å²) >= 11 is 8.41. The second-order valence-electron chi connectivity index (χ2n) is 6.78. The van der Waals surface area contributed by atoms with E-state index in [1.54, 1.807) is 0 Å². The topological polar surface area (TPSA) is 105 Å². The summed E-state index contributed by atoms with van der Waals surface area (Å²) in [5.74, 6) is 0.331. The number of thioether (sulfide) groups is 1. The molecule has 1 amide bonds. The number of aromatic nitrogens is 2. The maximum atomic E-state index is 13.0. The van der Waals surface area contributed by atoms with Crippen LogP contribution >= 0.6 is 34.7 Å². The summed E-state index contributed by atoms with van der Waals surface area (Å²) in [6.45, 7) is 0.263. The summed E-state index contributed by atoms with van der Waals surface area (Å²) in [5, 5.41) is 10.4. The highest BCUT2D eigenvalue weighted by Crippen LogP contribution is 2.32. The lowest BCUT2D eigenvalue weighted by atomic mass is 10.0. The SMILES string of the molecule is O=C(Nc1nnc(CSc2ccccc2)o1)C1CCCCN1S(=O)(=O)c1ccc(Cl)s1. The van der Waals surface area contributed by atoms with Crippen LogP contribution in [-0.2, 0) is 20.6 Å². The number of benzene rings is 1. The second kappa shape index (κ2) is 9.70. The standard InChI is InChI=1S/C19H19ClN4O4S3/c20-15-9-10-17(30-15)31(26,27)24-11-5-4-8-14(24)18(25)21-19-23-22-16(28-19)12-29-13-6-2-1-3-7-13/h1-3,6-7,9-10,14H,4-5,8,11-12H2,(H,21,23,25). The Morgan fingerprint density at radius 1 is 1.23 bits per heavy atom. The van der Waals surface area contributed by atoms with Crippen molar-refractivity contribution in [2.75, 3.05) is 11.9 Å². The van der Waals surface area contributed by atoms with Gasteiger partial charge in [0, 0.05) is 11.4 Å². The number of halogens is 1. The van der Waals surface area contributed by atoms with Crippen molar-refractivity contribution < 1.29 is 17.6 Å². The fraction of sp³-hybridized carbons (Fsp3) is 0.316. The maximum Gasteiger partial charge on any atom is 0.322 e. The molecule has 1 atom stereocenters. The molecule has 1 N–H and O–H groups in total. The van der Waals surface area contributed by atoms with Crippen molar-refractivity contribution in [3.63, 3.8) is 0 Å². The minimum atomic E-state index is -3.83. The number of anilines is 1. The van der Waals surface area contributed by atoms with Gasteiger partial charge in [0.05, 0.1) is 10.1 Å². The molecule has 4 rings (SSSR count). The van der Waals surface area contributed by atoms with Crippen molar-refractivity contribution in [1.29, 1.82) is 0 Å². The van der Waals surface area contributed by atoms with E-state index in [4.69, 9.17) is 16.0 Å². The lowest BCUT2D eigenvalue weighted by molar-refractivity contribution is -0.120. The summed E-state index contributed by atoms with van der Waals surface area (Å²) < 4.78 is 33.3. The first-order chi connectivity index (χ1) is 14.9. The molecule has 1 aromatic carbocycles. The number of nitrogens with one attached hydrogen (secondary N) is 1. The van der Waals surface area contributed by atoms with Crippen molar-refractivity contribution in [3.8, 4) is 0 Å². The predicted octanol–water partition coefficient (Wildman–Crippen LogP) is 4.26. The minimum absolute atomic E-state index is 0.0456. The molecule has 3 heterocycles. The van der Waals surface area contributed by atoms with Crippen molar-refractivity contribution in [2.24, 2.45) is 0 Å². The van der Waals surface area contributed by atoms with Gasteiger partial charge in [0.1, 0.15) is 10.3 Å². The molecule has 1 aliphatic rings. The van der Waals surface area contributed by atoms with E-state index in [2.05, 4.69) is 15.5 Å². The van der Waals surface area contributed by atoms with Gasteiger partial charge in [-0.2, -0.15) is 4.31 Å². The summed E-state index contributed by atoms with van der Waals surface area (Å²) in [6.07, 6.45) is 1.84. The Hall–Kier alpha value is -1.92. The molecule has 8 nitrogen and oxygen atoms in total. The van der Waals surface area contributed by atoms with Gasteiger partial charge in [-0.15, -0.1) is 28.2 Å². The summed E-state index contributed by atoms with van der Waals surface area (Å²) in [7, 11) is -3.83. The first-order valence-corrected chi connectivity index (χ1v) is 13.1. The Bertz CT molecular complexity index is 1150. The molecule has 1 aliphatic heterocycles. The van der Waals surface area contributed by atoms with Crippen LogP contribution in [0.1, 0.15) is 25.2 Å². The third kappa shape index (κ3) is 5.29. The third-order valence-electron chi connectivity index (χ3n) is 4.67. The number of carbonyl (C=O) groups is 1. The second-order valence-corrected chi connectivity index (χ2v) is 11.7. The number of nitrogens with zero attached hydrogens (tertiary/aromatic N) is 3. The zero-order chi connectivity index (χ0) is 21.8. The van der Waals surface area contributed by atoms with E-state index < -0.39 is 22.0 Å². The van der Waals surface area contributed by atoms with Crippen molar-refractivity contribution in [2.45, 2.75) is 40.2 Å². The van der Waals surface area contributed by atoms with Gasteiger partial charge in [-0.25, -0.2) is 8.42 Å². The molecule has 1 fully saturated rings.